The van der Waals surface area contributed by atoms with Gasteiger partial charge in [-0.05, 0) is 30.6 Å². The Morgan fingerprint density at radius 1 is 1.10 bits per heavy atom. The Hall–Kier alpha value is -1.10. The van der Waals surface area contributed by atoms with Crippen LogP contribution in [0, 0.1) is 17.8 Å². The molecular weight excluding hydrogens is 258 g/mol. The molecule has 1 fully saturated rings. The van der Waals surface area contributed by atoms with Crippen molar-refractivity contribution in [1.29, 1.82) is 0 Å². The predicted molar refractivity (Wildman–Crippen MR) is 76.1 cm³/mol. The Bertz CT molecular complexity index is 339. The molecule has 0 radical (unpaired) electrons. The number of ether oxygens (including phenoxy) is 1. The van der Waals surface area contributed by atoms with E-state index in [1.54, 1.807) is 0 Å². The number of hydrogen-bond donors (Lipinski definition) is 2. The van der Waals surface area contributed by atoms with E-state index in [-0.39, 0.29) is 5.92 Å². The molecule has 1 rings (SSSR count). The molecule has 1 aliphatic rings. The van der Waals surface area contributed by atoms with Gasteiger partial charge in [0.15, 0.2) is 0 Å². The van der Waals surface area contributed by atoms with Gasteiger partial charge in [0.2, 0.25) is 0 Å². The summed E-state index contributed by atoms with van der Waals surface area (Å²) < 4.78 is 5.28. The Kier molecular flexibility index (Phi) is 5.57. The third-order valence-electron chi connectivity index (χ3n) is 4.00. The summed E-state index contributed by atoms with van der Waals surface area (Å²) in [5.41, 5.74) is 3.45. The number of nitrogens with two attached hydrogens (primary N) is 1. The summed E-state index contributed by atoms with van der Waals surface area (Å²) in [6.07, 6.45) is 3.18. The lowest BCUT2D eigenvalue weighted by atomic mass is 9.84. The van der Waals surface area contributed by atoms with Gasteiger partial charge in [0, 0.05) is 0 Å². The van der Waals surface area contributed by atoms with Crippen molar-refractivity contribution in [2.75, 3.05) is 0 Å². The van der Waals surface area contributed by atoms with Crippen molar-refractivity contribution in [1.82, 2.24) is 0 Å². The molecule has 0 aromatic heterocycles. The zero-order valence-corrected chi connectivity index (χ0v) is 12.9. The van der Waals surface area contributed by atoms with Crippen molar-refractivity contribution in [2.45, 2.75) is 65.1 Å². The summed E-state index contributed by atoms with van der Waals surface area (Å²) in [7, 11) is 0. The lowest BCUT2D eigenvalue weighted by molar-refractivity contribution is -0.147. The van der Waals surface area contributed by atoms with Gasteiger partial charge in [0.05, 0.1) is 0 Å². The van der Waals surface area contributed by atoms with Crippen LogP contribution in [0.4, 0.5) is 0 Å². The molecule has 20 heavy (non-hydrogen) atoms. The standard InChI is InChI=1S/C15H27NO4/c1-9(2)5-7-11(8-6-10(3)4)12-15(20-12,13(16)17)14(18)19/h9-12H,5-8H2,1-4H3,(H2,16,17)(H,18,19). The van der Waals surface area contributed by atoms with Crippen molar-refractivity contribution < 1.29 is 19.4 Å². The van der Waals surface area contributed by atoms with Crippen LogP contribution in [0.2, 0.25) is 0 Å². The number of rotatable bonds is 9. The molecule has 3 N–H and O–H groups in total. The van der Waals surface area contributed by atoms with E-state index in [2.05, 4.69) is 27.7 Å². The normalized spacial score (nSPS) is 25.4. The summed E-state index contributed by atoms with van der Waals surface area (Å²) in [4.78, 5) is 22.7. The van der Waals surface area contributed by atoms with Crippen molar-refractivity contribution in [2.24, 2.45) is 23.5 Å². The first-order valence-corrected chi connectivity index (χ1v) is 7.42. The minimum Gasteiger partial charge on any atom is -0.479 e. The number of carboxylic acids is 1. The smallest absolute Gasteiger partial charge is 0.348 e. The first kappa shape index (κ1) is 17.0. The highest BCUT2D eigenvalue weighted by Gasteiger charge is 2.70. The number of primary amides is 1. The van der Waals surface area contributed by atoms with Crippen LogP contribution in [0.3, 0.4) is 0 Å². The average Bonchev–Trinajstić information content (AvgIpc) is 3.04. The van der Waals surface area contributed by atoms with Gasteiger partial charge in [-0.3, -0.25) is 4.79 Å². The summed E-state index contributed by atoms with van der Waals surface area (Å²) in [5, 5.41) is 9.22. The minimum absolute atomic E-state index is 0.0865. The fourth-order valence-corrected chi connectivity index (χ4v) is 2.61. The van der Waals surface area contributed by atoms with Crippen LogP contribution in [0.15, 0.2) is 0 Å². The zero-order valence-electron chi connectivity index (χ0n) is 12.9. The highest BCUT2D eigenvalue weighted by Crippen LogP contribution is 2.45. The van der Waals surface area contributed by atoms with E-state index in [0.29, 0.717) is 11.8 Å². The topological polar surface area (TPSA) is 92.9 Å². The Balaban J connectivity index is 2.73. The van der Waals surface area contributed by atoms with Crippen molar-refractivity contribution in [3.05, 3.63) is 0 Å². The molecule has 0 saturated carbocycles. The molecule has 1 aliphatic heterocycles. The molecule has 116 valence electrons. The van der Waals surface area contributed by atoms with E-state index in [9.17, 15) is 14.7 Å². The number of carbonyl (C=O) groups is 2. The van der Waals surface area contributed by atoms with Crippen LogP contribution >= 0.6 is 0 Å². The number of amides is 1. The number of epoxide rings is 1. The van der Waals surface area contributed by atoms with Crippen LogP contribution in [0.1, 0.15) is 53.4 Å². The van der Waals surface area contributed by atoms with Crippen LogP contribution in [0.25, 0.3) is 0 Å². The monoisotopic (exact) mass is 285 g/mol. The first-order valence-electron chi connectivity index (χ1n) is 7.42. The molecule has 0 spiro atoms. The first-order chi connectivity index (χ1) is 9.21. The van der Waals surface area contributed by atoms with Gasteiger partial charge < -0.3 is 15.6 Å². The van der Waals surface area contributed by atoms with Gasteiger partial charge in [0.25, 0.3) is 11.5 Å². The third kappa shape index (κ3) is 3.72. The fourth-order valence-electron chi connectivity index (χ4n) is 2.61. The molecule has 1 amide bonds. The molecule has 5 nitrogen and oxygen atoms in total. The van der Waals surface area contributed by atoms with E-state index in [4.69, 9.17) is 10.5 Å². The molecule has 1 saturated heterocycles. The van der Waals surface area contributed by atoms with Gasteiger partial charge in [-0.15, -0.1) is 0 Å². The molecule has 0 aliphatic carbocycles. The van der Waals surface area contributed by atoms with Crippen LogP contribution in [-0.2, 0) is 14.3 Å². The Labute approximate surface area is 120 Å². The Morgan fingerprint density at radius 3 is 1.80 bits per heavy atom. The maximum absolute atomic E-state index is 11.4. The third-order valence-corrected chi connectivity index (χ3v) is 4.00. The Morgan fingerprint density at radius 2 is 1.55 bits per heavy atom. The largest absolute Gasteiger partial charge is 0.479 e. The lowest BCUT2D eigenvalue weighted by Gasteiger charge is -2.18. The molecule has 1 heterocycles. The lowest BCUT2D eigenvalue weighted by Crippen LogP contribution is -2.43. The highest BCUT2D eigenvalue weighted by atomic mass is 16.6. The molecule has 0 bridgehead atoms. The van der Waals surface area contributed by atoms with Crippen LogP contribution < -0.4 is 5.73 Å². The van der Waals surface area contributed by atoms with Crippen molar-refractivity contribution in [3.63, 3.8) is 0 Å². The quantitative estimate of drug-likeness (QED) is 0.501. The SMILES string of the molecule is CC(C)CCC(CCC(C)C)C1OC1(C(N)=O)C(=O)O. The van der Waals surface area contributed by atoms with E-state index in [1.807, 2.05) is 0 Å². The molecule has 2 atom stereocenters. The minimum atomic E-state index is -1.78. The number of hydrogen-bond acceptors (Lipinski definition) is 3. The maximum atomic E-state index is 11.4. The van der Waals surface area contributed by atoms with E-state index in [0.717, 1.165) is 25.7 Å². The molecule has 5 heteroatoms. The van der Waals surface area contributed by atoms with Gasteiger partial charge >= 0.3 is 5.97 Å². The van der Waals surface area contributed by atoms with Crippen LogP contribution in [-0.4, -0.2) is 28.7 Å². The van der Waals surface area contributed by atoms with E-state index >= 15 is 0 Å². The molecule has 0 aromatic rings. The zero-order chi connectivity index (χ0) is 15.5. The molecule has 0 aromatic carbocycles. The van der Waals surface area contributed by atoms with E-state index in [1.165, 1.54) is 0 Å². The maximum Gasteiger partial charge on any atom is 0.348 e. The van der Waals surface area contributed by atoms with Crippen molar-refractivity contribution >= 4 is 11.9 Å². The summed E-state index contributed by atoms with van der Waals surface area (Å²) in [6, 6.07) is 0. The van der Waals surface area contributed by atoms with Gasteiger partial charge in [-0.1, -0.05) is 40.5 Å². The molecule has 2 unspecified atom stereocenters. The van der Waals surface area contributed by atoms with Crippen molar-refractivity contribution in [3.8, 4) is 0 Å². The second-order valence-electron chi connectivity index (χ2n) is 6.65. The summed E-state index contributed by atoms with van der Waals surface area (Å²) >= 11 is 0. The van der Waals surface area contributed by atoms with Gasteiger partial charge in [-0.25, -0.2) is 4.79 Å². The van der Waals surface area contributed by atoms with E-state index < -0.39 is 23.6 Å². The fraction of sp³-hybridized carbons (Fsp3) is 0.867. The van der Waals surface area contributed by atoms with Gasteiger partial charge in [0.1, 0.15) is 6.10 Å². The summed E-state index contributed by atoms with van der Waals surface area (Å²) in [5.74, 6) is -0.960. The predicted octanol–water partition coefficient (Wildman–Crippen LogP) is 2.18. The number of carboxylic acid groups (broad SMARTS) is 1. The second kappa shape index (κ2) is 6.57. The van der Waals surface area contributed by atoms with Crippen LogP contribution in [0.5, 0.6) is 0 Å². The second-order valence-corrected chi connectivity index (χ2v) is 6.65. The summed E-state index contributed by atoms with van der Waals surface area (Å²) in [6.45, 7) is 8.52. The molecular formula is C15H27NO4. The highest BCUT2D eigenvalue weighted by molar-refractivity contribution is 6.08. The number of carbonyl (C=O) groups excluding carboxylic acids is 1. The number of aliphatic carboxylic acids is 1. The average molecular weight is 285 g/mol. The van der Waals surface area contributed by atoms with Gasteiger partial charge in [-0.2, -0.15) is 0 Å².